The van der Waals surface area contributed by atoms with E-state index in [0.29, 0.717) is 0 Å². The van der Waals surface area contributed by atoms with Crippen LogP contribution >= 0.6 is 0 Å². The third kappa shape index (κ3) is 3.10. The summed E-state index contributed by atoms with van der Waals surface area (Å²) in [6.45, 7) is 2.03. The number of para-hydroxylation sites is 1. The van der Waals surface area contributed by atoms with E-state index in [9.17, 15) is 4.79 Å². The first-order valence-electron chi connectivity index (χ1n) is 5.78. The predicted octanol–water partition coefficient (Wildman–Crippen LogP) is 3.37. The Hall–Kier alpha value is -2.29. The first-order chi connectivity index (χ1) is 8.65. The number of carboxylic acid groups (broad SMARTS) is 1. The molecule has 3 nitrogen and oxygen atoms in total. The van der Waals surface area contributed by atoms with Crippen molar-refractivity contribution in [2.45, 2.75) is 13.3 Å². The molecule has 2 aromatic carbocycles. The average Bonchev–Trinajstić information content (AvgIpc) is 2.34. The number of benzene rings is 2. The summed E-state index contributed by atoms with van der Waals surface area (Å²) >= 11 is 0. The van der Waals surface area contributed by atoms with Crippen molar-refractivity contribution < 1.29 is 9.90 Å². The number of carboxylic acids is 1. The monoisotopic (exact) mass is 241 g/mol. The molecule has 0 atom stereocenters. The SMILES string of the molecule is Cc1ccc(Nc2ccccc2CC(=O)O)cc1. The molecule has 0 aliphatic heterocycles. The van der Waals surface area contributed by atoms with Crippen LogP contribution in [0.2, 0.25) is 0 Å². The Morgan fingerprint density at radius 3 is 2.44 bits per heavy atom. The first-order valence-corrected chi connectivity index (χ1v) is 5.78. The lowest BCUT2D eigenvalue weighted by Crippen LogP contribution is -2.03. The van der Waals surface area contributed by atoms with Gasteiger partial charge in [-0.3, -0.25) is 4.79 Å². The van der Waals surface area contributed by atoms with Crippen molar-refractivity contribution in [1.29, 1.82) is 0 Å². The molecule has 0 fully saturated rings. The second-order valence-corrected chi connectivity index (χ2v) is 4.22. The lowest BCUT2D eigenvalue weighted by Gasteiger charge is -2.11. The topological polar surface area (TPSA) is 49.3 Å². The van der Waals surface area contributed by atoms with E-state index in [4.69, 9.17) is 5.11 Å². The summed E-state index contributed by atoms with van der Waals surface area (Å²) in [6.07, 6.45) is 0.0229. The average molecular weight is 241 g/mol. The third-order valence-corrected chi connectivity index (χ3v) is 2.69. The minimum atomic E-state index is -0.826. The lowest BCUT2D eigenvalue weighted by atomic mass is 10.1. The predicted molar refractivity (Wildman–Crippen MR) is 72.2 cm³/mol. The maximum atomic E-state index is 10.8. The minimum absolute atomic E-state index is 0.0229. The molecule has 0 radical (unpaired) electrons. The van der Waals surface area contributed by atoms with Crippen LogP contribution in [0.15, 0.2) is 48.5 Å². The zero-order chi connectivity index (χ0) is 13.0. The van der Waals surface area contributed by atoms with Crippen LogP contribution < -0.4 is 5.32 Å². The van der Waals surface area contributed by atoms with Gasteiger partial charge in [-0.05, 0) is 30.7 Å². The van der Waals surface area contributed by atoms with Crippen molar-refractivity contribution in [3.05, 3.63) is 59.7 Å². The molecule has 2 N–H and O–H groups in total. The highest BCUT2D eigenvalue weighted by atomic mass is 16.4. The molecule has 18 heavy (non-hydrogen) atoms. The van der Waals surface area contributed by atoms with Gasteiger partial charge < -0.3 is 10.4 Å². The molecular weight excluding hydrogens is 226 g/mol. The Balaban J connectivity index is 2.23. The van der Waals surface area contributed by atoms with E-state index in [0.717, 1.165) is 16.9 Å². The molecule has 0 bridgehead atoms. The summed E-state index contributed by atoms with van der Waals surface area (Å²) in [5.74, 6) is -0.826. The molecule has 0 heterocycles. The number of rotatable bonds is 4. The second kappa shape index (κ2) is 5.36. The Kier molecular flexibility index (Phi) is 3.63. The molecule has 0 aliphatic carbocycles. The van der Waals surface area contributed by atoms with E-state index >= 15 is 0 Å². The number of aliphatic carboxylic acids is 1. The molecule has 92 valence electrons. The number of anilines is 2. The van der Waals surface area contributed by atoms with Crippen molar-refractivity contribution in [3.63, 3.8) is 0 Å². The molecule has 0 spiro atoms. The molecule has 0 saturated carbocycles. The smallest absolute Gasteiger partial charge is 0.307 e. The maximum absolute atomic E-state index is 10.8. The van der Waals surface area contributed by atoms with E-state index in [1.807, 2.05) is 55.5 Å². The van der Waals surface area contributed by atoms with Gasteiger partial charge in [0.2, 0.25) is 0 Å². The highest BCUT2D eigenvalue weighted by Gasteiger charge is 2.06. The normalized spacial score (nSPS) is 10.1. The van der Waals surface area contributed by atoms with Crippen LogP contribution in [0.4, 0.5) is 11.4 Å². The quantitative estimate of drug-likeness (QED) is 0.862. The van der Waals surface area contributed by atoms with E-state index in [2.05, 4.69) is 5.32 Å². The van der Waals surface area contributed by atoms with Crippen LogP contribution in [0.3, 0.4) is 0 Å². The number of nitrogens with one attached hydrogen (secondary N) is 1. The van der Waals surface area contributed by atoms with Gasteiger partial charge in [0.15, 0.2) is 0 Å². The zero-order valence-electron chi connectivity index (χ0n) is 10.2. The van der Waals surface area contributed by atoms with Gasteiger partial charge in [0, 0.05) is 11.4 Å². The number of carbonyl (C=O) groups is 1. The van der Waals surface area contributed by atoms with Crippen LogP contribution in [0, 0.1) is 6.92 Å². The maximum Gasteiger partial charge on any atom is 0.307 e. The second-order valence-electron chi connectivity index (χ2n) is 4.22. The fourth-order valence-electron chi connectivity index (χ4n) is 1.75. The summed E-state index contributed by atoms with van der Waals surface area (Å²) < 4.78 is 0. The lowest BCUT2D eigenvalue weighted by molar-refractivity contribution is -0.136. The number of hydrogen-bond donors (Lipinski definition) is 2. The Morgan fingerprint density at radius 1 is 1.11 bits per heavy atom. The summed E-state index contributed by atoms with van der Waals surface area (Å²) in [5, 5.41) is 12.1. The molecule has 0 saturated heterocycles. The van der Waals surface area contributed by atoms with Gasteiger partial charge in [0.1, 0.15) is 0 Å². The first kappa shape index (κ1) is 12.2. The summed E-state index contributed by atoms with van der Waals surface area (Å²) in [6, 6.07) is 15.4. The molecule has 0 aromatic heterocycles. The highest BCUT2D eigenvalue weighted by Crippen LogP contribution is 2.21. The van der Waals surface area contributed by atoms with Crippen LogP contribution in [0.25, 0.3) is 0 Å². The van der Waals surface area contributed by atoms with Crippen LogP contribution in [0.1, 0.15) is 11.1 Å². The fraction of sp³-hybridized carbons (Fsp3) is 0.133. The molecule has 2 rings (SSSR count). The standard InChI is InChI=1S/C15H15NO2/c1-11-6-8-13(9-7-11)16-14-5-3-2-4-12(14)10-15(17)18/h2-9,16H,10H2,1H3,(H,17,18). The van der Waals surface area contributed by atoms with Crippen molar-refractivity contribution in [2.75, 3.05) is 5.32 Å². The van der Waals surface area contributed by atoms with Gasteiger partial charge in [-0.1, -0.05) is 35.9 Å². The highest BCUT2D eigenvalue weighted by molar-refractivity contribution is 5.75. The Bertz CT molecular complexity index is 547. The van der Waals surface area contributed by atoms with Crippen LogP contribution in [0.5, 0.6) is 0 Å². The third-order valence-electron chi connectivity index (χ3n) is 2.69. The van der Waals surface area contributed by atoms with Gasteiger partial charge >= 0.3 is 5.97 Å². The van der Waals surface area contributed by atoms with E-state index in [1.54, 1.807) is 0 Å². The van der Waals surface area contributed by atoms with Gasteiger partial charge in [-0.15, -0.1) is 0 Å². The number of hydrogen-bond acceptors (Lipinski definition) is 2. The van der Waals surface area contributed by atoms with Crippen LogP contribution in [-0.2, 0) is 11.2 Å². The van der Waals surface area contributed by atoms with E-state index in [-0.39, 0.29) is 6.42 Å². The fourth-order valence-corrected chi connectivity index (χ4v) is 1.75. The van der Waals surface area contributed by atoms with Gasteiger partial charge in [0.25, 0.3) is 0 Å². The molecule has 0 aliphatic rings. The van der Waals surface area contributed by atoms with Crippen molar-refractivity contribution >= 4 is 17.3 Å². The Labute approximate surface area is 106 Å². The number of aryl methyl sites for hydroxylation is 1. The zero-order valence-corrected chi connectivity index (χ0v) is 10.2. The minimum Gasteiger partial charge on any atom is -0.481 e. The van der Waals surface area contributed by atoms with Crippen molar-refractivity contribution in [1.82, 2.24) is 0 Å². The molecule has 3 heteroatoms. The molecule has 2 aromatic rings. The van der Waals surface area contributed by atoms with Crippen LogP contribution in [-0.4, -0.2) is 11.1 Å². The van der Waals surface area contributed by atoms with E-state index in [1.165, 1.54) is 5.56 Å². The molecule has 0 amide bonds. The summed E-state index contributed by atoms with van der Waals surface area (Å²) in [5.41, 5.74) is 3.77. The van der Waals surface area contributed by atoms with Crippen molar-refractivity contribution in [3.8, 4) is 0 Å². The van der Waals surface area contributed by atoms with Gasteiger partial charge in [0.05, 0.1) is 6.42 Å². The molecule has 0 unspecified atom stereocenters. The summed E-state index contributed by atoms with van der Waals surface area (Å²) in [7, 11) is 0. The van der Waals surface area contributed by atoms with Crippen molar-refractivity contribution in [2.24, 2.45) is 0 Å². The van der Waals surface area contributed by atoms with Gasteiger partial charge in [-0.25, -0.2) is 0 Å². The summed E-state index contributed by atoms with van der Waals surface area (Å²) in [4.78, 5) is 10.8. The largest absolute Gasteiger partial charge is 0.481 e. The van der Waals surface area contributed by atoms with E-state index < -0.39 is 5.97 Å². The molecular formula is C15H15NO2. The van der Waals surface area contributed by atoms with Gasteiger partial charge in [-0.2, -0.15) is 0 Å². The Morgan fingerprint density at radius 2 is 1.78 bits per heavy atom.